The molecule has 0 spiro atoms. The average Bonchev–Trinajstić information content (AvgIpc) is 3.06. The number of imidazole rings is 1. The molecule has 26 heavy (non-hydrogen) atoms. The van der Waals surface area contributed by atoms with Crippen LogP contribution in [0.1, 0.15) is 0 Å². The van der Waals surface area contributed by atoms with Crippen molar-refractivity contribution in [3.05, 3.63) is 64.7 Å². The first kappa shape index (κ1) is 16.0. The number of rotatable bonds is 4. The Bertz CT molecular complexity index is 958. The van der Waals surface area contributed by atoms with Crippen molar-refractivity contribution < 1.29 is 18.8 Å². The topological polar surface area (TPSA) is 92.3 Å². The van der Waals surface area contributed by atoms with Gasteiger partial charge in [-0.25, -0.2) is 9.37 Å². The smallest absolute Gasteiger partial charge is 0.414 e. The largest absolute Gasteiger partial charge is 0.469 e. The third-order valence-electron chi connectivity index (χ3n) is 3.91. The molecule has 0 saturated carbocycles. The molecule has 1 aliphatic heterocycles. The lowest BCUT2D eigenvalue weighted by Gasteiger charge is -2.22. The van der Waals surface area contributed by atoms with Gasteiger partial charge in [-0.05, 0) is 34.2 Å². The molecule has 0 fully saturated rings. The lowest BCUT2D eigenvalue weighted by atomic mass is 10.1. The van der Waals surface area contributed by atoms with Crippen LogP contribution in [-0.4, -0.2) is 32.2 Å². The molecular formula is C17H13FN4O4. The zero-order chi connectivity index (χ0) is 18.1. The number of ether oxygens (including phenoxy) is 2. The highest BCUT2D eigenvalue weighted by molar-refractivity contribution is 5.63. The maximum atomic E-state index is 13.1. The first-order valence-electron chi connectivity index (χ1n) is 7.81. The molecule has 8 nitrogen and oxygen atoms in total. The predicted octanol–water partition coefficient (Wildman–Crippen LogP) is 2.83. The summed E-state index contributed by atoms with van der Waals surface area (Å²) in [4.78, 5) is 18.2. The number of aromatic nitrogens is 3. The zero-order valence-corrected chi connectivity index (χ0v) is 13.4. The second-order valence-electron chi connectivity index (χ2n) is 5.73. The fourth-order valence-electron chi connectivity index (χ4n) is 2.70. The van der Waals surface area contributed by atoms with E-state index in [-0.39, 0.29) is 30.4 Å². The van der Waals surface area contributed by atoms with Crippen LogP contribution in [0.5, 0.6) is 11.9 Å². The third kappa shape index (κ3) is 3.18. The molecule has 0 amide bonds. The summed E-state index contributed by atoms with van der Waals surface area (Å²) in [5.41, 5.74) is 1.68. The normalized spacial score (nSPS) is 15.8. The van der Waals surface area contributed by atoms with Crippen LogP contribution >= 0.6 is 0 Å². The molecule has 1 atom stereocenters. The number of hydrogen-bond acceptors (Lipinski definition) is 6. The van der Waals surface area contributed by atoms with Crippen molar-refractivity contribution in [1.82, 2.24) is 14.5 Å². The highest BCUT2D eigenvalue weighted by Crippen LogP contribution is 2.25. The van der Waals surface area contributed by atoms with E-state index in [9.17, 15) is 14.5 Å². The van der Waals surface area contributed by atoms with Gasteiger partial charge in [-0.15, -0.1) is 0 Å². The molecule has 0 unspecified atom stereocenters. The van der Waals surface area contributed by atoms with E-state index in [1.54, 1.807) is 30.5 Å². The summed E-state index contributed by atoms with van der Waals surface area (Å²) >= 11 is 0. The second kappa shape index (κ2) is 6.43. The van der Waals surface area contributed by atoms with E-state index in [0.29, 0.717) is 12.4 Å². The highest BCUT2D eigenvalue weighted by Gasteiger charge is 2.29. The Labute approximate surface area is 147 Å². The van der Waals surface area contributed by atoms with Crippen LogP contribution in [0.15, 0.2) is 48.8 Å². The number of halogens is 1. The van der Waals surface area contributed by atoms with Crippen LogP contribution < -0.4 is 9.47 Å². The number of benzene rings is 1. The molecular weight excluding hydrogens is 343 g/mol. The van der Waals surface area contributed by atoms with Crippen LogP contribution in [0, 0.1) is 15.9 Å². The minimum absolute atomic E-state index is 0.199. The summed E-state index contributed by atoms with van der Waals surface area (Å²) in [6.07, 6.45) is 2.55. The van der Waals surface area contributed by atoms with Crippen LogP contribution in [-0.2, 0) is 6.54 Å². The first-order chi connectivity index (χ1) is 12.6. The Morgan fingerprint density at radius 3 is 2.85 bits per heavy atom. The summed E-state index contributed by atoms with van der Waals surface area (Å²) in [5, 5.41) is 10.8. The molecule has 1 aliphatic rings. The van der Waals surface area contributed by atoms with Crippen molar-refractivity contribution in [2.24, 2.45) is 0 Å². The van der Waals surface area contributed by atoms with Gasteiger partial charge in [0.2, 0.25) is 5.88 Å². The standard InChI is InChI=1S/C17H13FN4O4/c18-13-3-1-11(2-4-13)12-5-6-19-16(7-12)26-14-8-21-9-15(22(23)24)20-17(21)25-10-14/h1-7,9,14H,8,10H2/t14-/m0/s1. The van der Waals surface area contributed by atoms with Crippen LogP contribution in [0.25, 0.3) is 11.1 Å². The molecule has 9 heteroatoms. The molecule has 2 aromatic heterocycles. The van der Waals surface area contributed by atoms with Gasteiger partial charge in [0.1, 0.15) is 18.6 Å². The quantitative estimate of drug-likeness (QED) is 0.527. The van der Waals surface area contributed by atoms with Gasteiger partial charge in [0.15, 0.2) is 6.10 Å². The molecule has 132 valence electrons. The average molecular weight is 356 g/mol. The van der Waals surface area contributed by atoms with Gasteiger partial charge in [-0.1, -0.05) is 12.1 Å². The minimum atomic E-state index is -0.571. The van der Waals surface area contributed by atoms with Gasteiger partial charge < -0.3 is 19.6 Å². The van der Waals surface area contributed by atoms with E-state index in [1.165, 1.54) is 22.9 Å². The Kier molecular flexibility index (Phi) is 3.96. The number of nitro groups is 1. The monoisotopic (exact) mass is 356 g/mol. The van der Waals surface area contributed by atoms with Crippen molar-refractivity contribution in [2.75, 3.05) is 6.61 Å². The predicted molar refractivity (Wildman–Crippen MR) is 88.4 cm³/mol. The minimum Gasteiger partial charge on any atom is -0.469 e. The van der Waals surface area contributed by atoms with E-state index in [0.717, 1.165) is 11.1 Å². The van der Waals surface area contributed by atoms with Crippen LogP contribution in [0.3, 0.4) is 0 Å². The molecule has 0 N–H and O–H groups in total. The molecule has 3 aromatic rings. The van der Waals surface area contributed by atoms with Crippen LogP contribution in [0.2, 0.25) is 0 Å². The summed E-state index contributed by atoms with van der Waals surface area (Å²) in [5.74, 6) is -0.181. The van der Waals surface area contributed by atoms with Crippen molar-refractivity contribution in [2.45, 2.75) is 12.6 Å². The summed E-state index contributed by atoms with van der Waals surface area (Å²) in [7, 11) is 0. The summed E-state index contributed by atoms with van der Waals surface area (Å²) < 4.78 is 25.9. The van der Waals surface area contributed by atoms with Gasteiger partial charge in [0, 0.05) is 17.2 Å². The molecule has 4 rings (SSSR count). The number of nitrogens with zero attached hydrogens (tertiary/aromatic N) is 4. The lowest BCUT2D eigenvalue weighted by Crippen LogP contribution is -2.34. The van der Waals surface area contributed by atoms with E-state index in [2.05, 4.69) is 9.97 Å². The number of pyridine rings is 1. The zero-order valence-electron chi connectivity index (χ0n) is 13.4. The van der Waals surface area contributed by atoms with Crippen molar-refractivity contribution >= 4 is 5.82 Å². The maximum absolute atomic E-state index is 13.1. The van der Waals surface area contributed by atoms with Crippen molar-refractivity contribution in [3.8, 4) is 23.0 Å². The molecule has 1 aromatic carbocycles. The van der Waals surface area contributed by atoms with Crippen molar-refractivity contribution in [3.63, 3.8) is 0 Å². The van der Waals surface area contributed by atoms with Gasteiger partial charge in [-0.2, -0.15) is 0 Å². The van der Waals surface area contributed by atoms with E-state index < -0.39 is 4.92 Å². The van der Waals surface area contributed by atoms with Crippen LogP contribution in [0.4, 0.5) is 10.2 Å². The number of fused-ring (bicyclic) bond motifs is 1. The lowest BCUT2D eigenvalue weighted by molar-refractivity contribution is -0.389. The van der Waals surface area contributed by atoms with Crippen molar-refractivity contribution in [1.29, 1.82) is 0 Å². The molecule has 0 aliphatic carbocycles. The molecule has 0 saturated heterocycles. The van der Waals surface area contributed by atoms with Gasteiger partial charge >= 0.3 is 11.8 Å². The molecule has 3 heterocycles. The number of hydrogen-bond donors (Lipinski definition) is 0. The second-order valence-corrected chi connectivity index (χ2v) is 5.73. The molecule has 0 radical (unpaired) electrons. The Morgan fingerprint density at radius 1 is 1.27 bits per heavy atom. The maximum Gasteiger partial charge on any atom is 0.414 e. The van der Waals surface area contributed by atoms with E-state index in [4.69, 9.17) is 9.47 Å². The summed E-state index contributed by atoms with van der Waals surface area (Å²) in [6.45, 7) is 0.565. The Balaban J connectivity index is 1.50. The SMILES string of the molecule is O=[N+]([O-])c1cn2c(n1)OC[C@@H](Oc1cc(-c3ccc(F)cc3)ccn1)C2. The molecule has 0 bridgehead atoms. The Morgan fingerprint density at radius 2 is 2.08 bits per heavy atom. The Hall–Kier alpha value is -3.49. The summed E-state index contributed by atoms with van der Waals surface area (Å²) in [6, 6.07) is 9.87. The van der Waals surface area contributed by atoms with Gasteiger partial charge in [0.05, 0.1) is 6.54 Å². The fraction of sp³-hybridized carbons (Fsp3) is 0.176. The van der Waals surface area contributed by atoms with Gasteiger partial charge in [-0.3, -0.25) is 4.57 Å². The van der Waals surface area contributed by atoms with E-state index in [1.807, 2.05) is 0 Å². The van der Waals surface area contributed by atoms with Gasteiger partial charge in [0.25, 0.3) is 0 Å². The highest BCUT2D eigenvalue weighted by atomic mass is 19.1. The fourth-order valence-corrected chi connectivity index (χ4v) is 2.70. The first-order valence-corrected chi connectivity index (χ1v) is 7.81. The van der Waals surface area contributed by atoms with E-state index >= 15 is 0 Å². The third-order valence-corrected chi connectivity index (χ3v) is 3.91.